The van der Waals surface area contributed by atoms with Crippen molar-refractivity contribution in [2.75, 3.05) is 26.2 Å². The van der Waals surface area contributed by atoms with Crippen molar-refractivity contribution in [1.82, 2.24) is 10.2 Å². The fraction of sp³-hybridized carbons (Fsp3) is 0.933. The molecule has 4 heteroatoms. The summed E-state index contributed by atoms with van der Waals surface area (Å²) in [5.41, 5.74) is -0.779. The van der Waals surface area contributed by atoms with Gasteiger partial charge >= 0.3 is 5.97 Å². The summed E-state index contributed by atoms with van der Waals surface area (Å²) in [6.45, 7) is 10.0. The Bertz CT molecular complexity index is 283. The normalized spacial score (nSPS) is 23.4. The lowest BCUT2D eigenvalue weighted by atomic mass is 9.97. The molecule has 0 spiro atoms. The Morgan fingerprint density at radius 2 is 2.16 bits per heavy atom. The van der Waals surface area contributed by atoms with Gasteiger partial charge in [-0.1, -0.05) is 20.3 Å². The van der Waals surface area contributed by atoms with Crippen LogP contribution in [0.3, 0.4) is 0 Å². The number of likely N-dealkylation sites (tertiary alicyclic amines) is 1. The number of nitrogens with zero attached hydrogens (tertiary/aromatic N) is 1. The number of hydrogen-bond acceptors (Lipinski definition) is 3. The predicted molar refractivity (Wildman–Crippen MR) is 78.4 cm³/mol. The monoisotopic (exact) mass is 270 g/mol. The van der Waals surface area contributed by atoms with Crippen LogP contribution in [-0.2, 0) is 4.79 Å². The lowest BCUT2D eigenvalue weighted by Crippen LogP contribution is -2.51. The molecule has 0 aromatic heterocycles. The van der Waals surface area contributed by atoms with Crippen molar-refractivity contribution < 1.29 is 9.90 Å². The van der Waals surface area contributed by atoms with Crippen LogP contribution in [0.5, 0.6) is 0 Å². The predicted octanol–water partition coefficient (Wildman–Crippen LogP) is 2.34. The molecule has 1 heterocycles. The van der Waals surface area contributed by atoms with E-state index in [1.54, 1.807) is 0 Å². The average molecular weight is 270 g/mol. The number of carbonyl (C=O) groups is 1. The number of aliphatic carboxylic acids is 1. The van der Waals surface area contributed by atoms with Crippen molar-refractivity contribution in [2.24, 2.45) is 5.92 Å². The second-order valence-corrected chi connectivity index (χ2v) is 6.06. The molecule has 0 aliphatic carbocycles. The highest BCUT2D eigenvalue weighted by molar-refractivity contribution is 5.78. The van der Waals surface area contributed by atoms with E-state index < -0.39 is 11.5 Å². The van der Waals surface area contributed by atoms with E-state index in [1.165, 1.54) is 19.3 Å². The molecule has 2 atom stereocenters. The average Bonchev–Trinajstić information content (AvgIpc) is 2.82. The van der Waals surface area contributed by atoms with Crippen molar-refractivity contribution in [2.45, 2.75) is 58.4 Å². The van der Waals surface area contributed by atoms with Crippen LogP contribution in [0.4, 0.5) is 0 Å². The lowest BCUT2D eigenvalue weighted by Gasteiger charge is -2.28. The zero-order valence-corrected chi connectivity index (χ0v) is 12.7. The van der Waals surface area contributed by atoms with Gasteiger partial charge in [0.05, 0.1) is 0 Å². The molecule has 1 aliphatic heterocycles. The Hall–Kier alpha value is -0.610. The van der Waals surface area contributed by atoms with Crippen LogP contribution in [0.2, 0.25) is 0 Å². The molecular weight excluding hydrogens is 240 g/mol. The van der Waals surface area contributed by atoms with Gasteiger partial charge in [-0.3, -0.25) is 4.79 Å². The Balaban J connectivity index is 2.38. The minimum absolute atomic E-state index is 0.682. The van der Waals surface area contributed by atoms with Crippen molar-refractivity contribution >= 4 is 5.97 Å². The van der Waals surface area contributed by atoms with Gasteiger partial charge in [0.15, 0.2) is 0 Å². The fourth-order valence-corrected chi connectivity index (χ4v) is 2.81. The van der Waals surface area contributed by atoms with E-state index in [-0.39, 0.29) is 0 Å². The molecule has 1 aliphatic rings. The van der Waals surface area contributed by atoms with Crippen molar-refractivity contribution in [1.29, 1.82) is 0 Å². The van der Waals surface area contributed by atoms with E-state index in [2.05, 4.69) is 24.1 Å². The zero-order chi connectivity index (χ0) is 14.3. The Labute approximate surface area is 117 Å². The fourth-order valence-electron chi connectivity index (χ4n) is 2.81. The largest absolute Gasteiger partial charge is 0.480 e. The molecule has 2 N–H and O–H groups in total. The van der Waals surface area contributed by atoms with E-state index in [4.69, 9.17) is 0 Å². The third-order valence-electron chi connectivity index (χ3n) is 4.23. The van der Waals surface area contributed by atoms with Crippen molar-refractivity contribution in [3.8, 4) is 0 Å². The van der Waals surface area contributed by atoms with E-state index in [9.17, 15) is 9.90 Å². The number of hydrogen-bond donors (Lipinski definition) is 2. The standard InChI is InChI=1S/C15H30N2O2/c1-4-6-13-7-10-17(12-13)11-8-15(3,14(18)19)16-9-5-2/h13,16H,4-12H2,1-3H3,(H,18,19). The quantitative estimate of drug-likeness (QED) is 0.675. The topological polar surface area (TPSA) is 52.6 Å². The van der Waals surface area contributed by atoms with Crippen LogP contribution in [0, 0.1) is 5.92 Å². The van der Waals surface area contributed by atoms with Crippen LogP contribution >= 0.6 is 0 Å². The Kier molecular flexibility index (Phi) is 6.80. The third kappa shape index (κ3) is 5.11. The second-order valence-electron chi connectivity index (χ2n) is 6.06. The first-order valence-electron chi connectivity index (χ1n) is 7.72. The van der Waals surface area contributed by atoms with Crippen molar-refractivity contribution in [3.63, 3.8) is 0 Å². The Morgan fingerprint density at radius 3 is 2.74 bits per heavy atom. The lowest BCUT2D eigenvalue weighted by molar-refractivity contribution is -0.144. The molecular formula is C15H30N2O2. The summed E-state index contributed by atoms with van der Waals surface area (Å²) in [6.07, 6.45) is 5.48. The third-order valence-corrected chi connectivity index (χ3v) is 4.23. The molecule has 4 nitrogen and oxygen atoms in total. The summed E-state index contributed by atoms with van der Waals surface area (Å²) in [6, 6.07) is 0. The molecule has 1 fully saturated rings. The maximum absolute atomic E-state index is 11.4. The molecule has 112 valence electrons. The molecule has 19 heavy (non-hydrogen) atoms. The summed E-state index contributed by atoms with van der Waals surface area (Å²) in [4.78, 5) is 13.8. The number of carboxylic acids is 1. The zero-order valence-electron chi connectivity index (χ0n) is 12.7. The molecule has 1 rings (SSSR count). The molecule has 0 aromatic rings. The summed E-state index contributed by atoms with van der Waals surface area (Å²) in [7, 11) is 0. The number of carboxylic acid groups (broad SMARTS) is 1. The van der Waals surface area contributed by atoms with E-state index in [0.29, 0.717) is 6.42 Å². The van der Waals surface area contributed by atoms with Gasteiger partial charge in [-0.05, 0) is 51.6 Å². The molecule has 0 aromatic carbocycles. The van der Waals surface area contributed by atoms with Gasteiger partial charge in [-0.25, -0.2) is 0 Å². The van der Waals surface area contributed by atoms with Gasteiger partial charge in [0.25, 0.3) is 0 Å². The highest BCUT2D eigenvalue weighted by atomic mass is 16.4. The van der Waals surface area contributed by atoms with Gasteiger partial charge in [-0.2, -0.15) is 0 Å². The summed E-state index contributed by atoms with van der Waals surface area (Å²) in [5.74, 6) is 0.0925. The minimum atomic E-state index is -0.779. The number of rotatable bonds is 9. The Morgan fingerprint density at radius 1 is 1.42 bits per heavy atom. The molecule has 1 saturated heterocycles. The molecule has 0 bridgehead atoms. The maximum atomic E-state index is 11.4. The van der Waals surface area contributed by atoms with Gasteiger partial charge < -0.3 is 15.3 Å². The van der Waals surface area contributed by atoms with Crippen LogP contribution < -0.4 is 5.32 Å². The molecule has 0 radical (unpaired) electrons. The van der Waals surface area contributed by atoms with Gasteiger partial charge in [0.1, 0.15) is 5.54 Å². The SMILES string of the molecule is CCCNC(C)(CCN1CCC(CCC)C1)C(=O)O. The smallest absolute Gasteiger partial charge is 0.323 e. The number of nitrogens with one attached hydrogen (secondary N) is 1. The van der Waals surface area contributed by atoms with Gasteiger partial charge in [0.2, 0.25) is 0 Å². The van der Waals surface area contributed by atoms with Crippen molar-refractivity contribution in [3.05, 3.63) is 0 Å². The molecule has 2 unspecified atom stereocenters. The van der Waals surface area contributed by atoms with Gasteiger partial charge in [-0.15, -0.1) is 0 Å². The minimum Gasteiger partial charge on any atom is -0.480 e. The van der Waals surface area contributed by atoms with Gasteiger partial charge in [0, 0.05) is 13.1 Å². The first kappa shape index (κ1) is 16.4. The highest BCUT2D eigenvalue weighted by Gasteiger charge is 2.33. The first-order valence-corrected chi connectivity index (χ1v) is 7.72. The molecule has 0 amide bonds. The van der Waals surface area contributed by atoms with Crippen LogP contribution in [-0.4, -0.2) is 47.7 Å². The second kappa shape index (κ2) is 7.85. The van der Waals surface area contributed by atoms with Crippen LogP contribution in [0.1, 0.15) is 52.9 Å². The summed E-state index contributed by atoms with van der Waals surface area (Å²) in [5, 5.41) is 12.6. The first-order chi connectivity index (χ1) is 9.01. The van der Waals surface area contributed by atoms with E-state index in [0.717, 1.165) is 38.5 Å². The van der Waals surface area contributed by atoms with E-state index in [1.807, 2.05) is 6.92 Å². The highest BCUT2D eigenvalue weighted by Crippen LogP contribution is 2.22. The molecule has 0 saturated carbocycles. The van der Waals surface area contributed by atoms with Crippen LogP contribution in [0.15, 0.2) is 0 Å². The van der Waals surface area contributed by atoms with E-state index >= 15 is 0 Å². The summed E-state index contributed by atoms with van der Waals surface area (Å²) >= 11 is 0. The van der Waals surface area contributed by atoms with Crippen LogP contribution in [0.25, 0.3) is 0 Å². The summed E-state index contributed by atoms with van der Waals surface area (Å²) < 4.78 is 0. The maximum Gasteiger partial charge on any atom is 0.323 e.